The predicted octanol–water partition coefficient (Wildman–Crippen LogP) is 4.23. The van der Waals surface area contributed by atoms with Crippen LogP contribution in [-0.4, -0.2) is 4.98 Å². The van der Waals surface area contributed by atoms with Gasteiger partial charge in [0.1, 0.15) is 0 Å². The lowest BCUT2D eigenvalue weighted by Crippen LogP contribution is -2.06. The fourth-order valence-corrected chi connectivity index (χ4v) is 2.76. The molecule has 0 aliphatic heterocycles. The molecule has 1 aromatic heterocycles. The summed E-state index contributed by atoms with van der Waals surface area (Å²) in [6.45, 7) is 4.22. The Balaban J connectivity index is 2.10. The molecule has 2 aromatic rings. The van der Waals surface area contributed by atoms with Gasteiger partial charge in [0.25, 0.3) is 0 Å². The quantitative estimate of drug-likeness (QED) is 0.843. The number of hydrogen-bond acceptors (Lipinski definition) is 3. The highest BCUT2D eigenvalue weighted by Crippen LogP contribution is 2.25. The highest BCUT2D eigenvalue weighted by Gasteiger charge is 2.10. The third-order valence-corrected chi connectivity index (χ3v) is 4.24. The van der Waals surface area contributed by atoms with Gasteiger partial charge in [0, 0.05) is 14.1 Å². The maximum Gasteiger partial charge on any atom is 0.0798 e. The van der Waals surface area contributed by atoms with E-state index in [1.807, 2.05) is 5.51 Å². The molecule has 0 saturated heterocycles. The van der Waals surface area contributed by atoms with E-state index in [2.05, 4.69) is 71.0 Å². The van der Waals surface area contributed by atoms with E-state index in [0.717, 1.165) is 11.4 Å². The van der Waals surface area contributed by atoms with Crippen molar-refractivity contribution in [2.75, 3.05) is 5.32 Å². The van der Waals surface area contributed by atoms with Gasteiger partial charge >= 0.3 is 0 Å². The third-order valence-electron chi connectivity index (χ3n) is 2.40. The van der Waals surface area contributed by atoms with Crippen molar-refractivity contribution in [2.45, 2.75) is 19.9 Å². The molecule has 2 nitrogen and oxygen atoms in total. The molecule has 1 aromatic carbocycles. The van der Waals surface area contributed by atoms with Crippen molar-refractivity contribution in [3.05, 3.63) is 43.9 Å². The first-order valence-electron chi connectivity index (χ1n) is 5.09. The fraction of sp³-hybridized carbons (Fsp3) is 0.250. The minimum atomic E-state index is 0.313. The van der Waals surface area contributed by atoms with Crippen LogP contribution in [-0.2, 0) is 0 Å². The Bertz CT molecular complexity index is 464. The number of rotatable bonds is 3. The van der Waals surface area contributed by atoms with Crippen LogP contribution in [0.2, 0.25) is 0 Å². The van der Waals surface area contributed by atoms with Crippen LogP contribution < -0.4 is 5.32 Å². The average Bonchev–Trinajstić information content (AvgIpc) is 2.68. The minimum absolute atomic E-state index is 0.313. The molecule has 0 radical (unpaired) electrons. The Morgan fingerprint density at radius 3 is 2.56 bits per heavy atom. The van der Waals surface area contributed by atoms with Crippen molar-refractivity contribution in [1.82, 2.24) is 4.98 Å². The fourth-order valence-electron chi connectivity index (χ4n) is 1.59. The topological polar surface area (TPSA) is 24.9 Å². The van der Waals surface area contributed by atoms with Gasteiger partial charge in [0.05, 0.1) is 17.2 Å². The third kappa shape index (κ3) is 2.74. The zero-order chi connectivity index (χ0) is 11.5. The second kappa shape index (κ2) is 5.14. The van der Waals surface area contributed by atoms with E-state index in [1.165, 1.54) is 8.45 Å². The summed E-state index contributed by atoms with van der Waals surface area (Å²) in [5, 5.41) is 3.48. The van der Waals surface area contributed by atoms with Gasteiger partial charge in [0.2, 0.25) is 0 Å². The van der Waals surface area contributed by atoms with Gasteiger partial charge in [-0.05, 0) is 60.7 Å². The predicted molar refractivity (Wildman–Crippen MR) is 78.0 cm³/mol. The van der Waals surface area contributed by atoms with E-state index in [-0.39, 0.29) is 0 Å². The molecule has 4 heteroatoms. The molecule has 16 heavy (non-hydrogen) atoms. The molecule has 0 bridgehead atoms. The summed E-state index contributed by atoms with van der Waals surface area (Å²) in [5.41, 5.74) is 4.17. The van der Waals surface area contributed by atoms with Gasteiger partial charge < -0.3 is 5.32 Å². The number of benzene rings is 1. The van der Waals surface area contributed by atoms with Crippen molar-refractivity contribution >= 4 is 39.6 Å². The van der Waals surface area contributed by atoms with Gasteiger partial charge in [-0.1, -0.05) is 0 Å². The summed E-state index contributed by atoms with van der Waals surface area (Å²) in [4.78, 5) is 5.57. The number of aryl methyl sites for hydroxylation is 1. The Labute approximate surface area is 113 Å². The minimum Gasteiger partial charge on any atom is -0.378 e. The number of halogens is 1. The van der Waals surface area contributed by atoms with Crippen LogP contribution >= 0.6 is 33.9 Å². The standard InChI is InChI=1S/C12H13IN2S/c1-8-12(16-7-14-8)9(2)15-11-5-3-10(13)4-6-11/h3-7,9,15H,1-2H3. The lowest BCUT2D eigenvalue weighted by atomic mass is 10.2. The van der Waals surface area contributed by atoms with Crippen molar-refractivity contribution in [3.8, 4) is 0 Å². The largest absolute Gasteiger partial charge is 0.378 e. The molecule has 1 atom stereocenters. The van der Waals surface area contributed by atoms with Crippen LogP contribution in [0.4, 0.5) is 5.69 Å². The van der Waals surface area contributed by atoms with Crippen LogP contribution in [0.1, 0.15) is 23.5 Å². The summed E-state index contributed by atoms with van der Waals surface area (Å²) < 4.78 is 1.25. The number of nitrogens with one attached hydrogen (secondary N) is 1. The van der Waals surface area contributed by atoms with E-state index in [1.54, 1.807) is 11.3 Å². The van der Waals surface area contributed by atoms with Crippen LogP contribution in [0.25, 0.3) is 0 Å². The number of nitrogens with zero attached hydrogens (tertiary/aromatic N) is 1. The van der Waals surface area contributed by atoms with E-state index in [0.29, 0.717) is 6.04 Å². The maximum absolute atomic E-state index is 4.27. The first kappa shape index (κ1) is 11.9. The van der Waals surface area contributed by atoms with Gasteiger partial charge in [0.15, 0.2) is 0 Å². The van der Waals surface area contributed by atoms with E-state index >= 15 is 0 Å². The molecule has 1 unspecified atom stereocenters. The van der Waals surface area contributed by atoms with E-state index in [9.17, 15) is 0 Å². The van der Waals surface area contributed by atoms with Crippen LogP contribution in [0.5, 0.6) is 0 Å². The highest BCUT2D eigenvalue weighted by atomic mass is 127. The molecule has 0 spiro atoms. The molecule has 2 rings (SSSR count). The van der Waals surface area contributed by atoms with Gasteiger partial charge in [-0.3, -0.25) is 0 Å². The van der Waals surface area contributed by atoms with Crippen molar-refractivity contribution < 1.29 is 0 Å². The van der Waals surface area contributed by atoms with Crippen LogP contribution in [0.3, 0.4) is 0 Å². The zero-order valence-electron chi connectivity index (χ0n) is 9.20. The second-order valence-corrected chi connectivity index (χ2v) is 5.81. The van der Waals surface area contributed by atoms with E-state index in [4.69, 9.17) is 0 Å². The van der Waals surface area contributed by atoms with Crippen LogP contribution in [0.15, 0.2) is 29.8 Å². The normalized spacial score (nSPS) is 12.4. The van der Waals surface area contributed by atoms with E-state index < -0.39 is 0 Å². The number of hydrogen-bond donors (Lipinski definition) is 1. The number of thiazole rings is 1. The Morgan fingerprint density at radius 2 is 2.00 bits per heavy atom. The molecular formula is C12H13IN2S. The average molecular weight is 344 g/mol. The summed E-state index contributed by atoms with van der Waals surface area (Å²) >= 11 is 4.02. The maximum atomic E-state index is 4.27. The molecule has 0 aliphatic rings. The second-order valence-electron chi connectivity index (χ2n) is 3.67. The first-order chi connectivity index (χ1) is 7.66. The Morgan fingerprint density at radius 1 is 1.31 bits per heavy atom. The molecule has 0 amide bonds. The molecule has 84 valence electrons. The molecule has 0 aliphatic carbocycles. The van der Waals surface area contributed by atoms with Gasteiger partial charge in [-0.15, -0.1) is 11.3 Å². The molecule has 0 saturated carbocycles. The lowest BCUT2D eigenvalue weighted by Gasteiger charge is -2.14. The molecule has 0 fully saturated rings. The lowest BCUT2D eigenvalue weighted by molar-refractivity contribution is 0.890. The van der Waals surface area contributed by atoms with Gasteiger partial charge in [-0.25, -0.2) is 4.98 Å². The summed E-state index contributed by atoms with van der Waals surface area (Å²) in [7, 11) is 0. The number of aromatic nitrogens is 1. The molecular weight excluding hydrogens is 331 g/mol. The summed E-state index contributed by atoms with van der Waals surface area (Å²) in [6.07, 6.45) is 0. The monoisotopic (exact) mass is 344 g/mol. The Hall–Kier alpha value is -0.620. The summed E-state index contributed by atoms with van der Waals surface area (Å²) in [5.74, 6) is 0. The summed E-state index contributed by atoms with van der Waals surface area (Å²) in [6, 6.07) is 8.74. The number of anilines is 1. The smallest absolute Gasteiger partial charge is 0.0798 e. The SMILES string of the molecule is Cc1ncsc1C(C)Nc1ccc(I)cc1. The zero-order valence-corrected chi connectivity index (χ0v) is 12.2. The van der Waals surface area contributed by atoms with Crippen molar-refractivity contribution in [1.29, 1.82) is 0 Å². The Kier molecular flexibility index (Phi) is 3.81. The van der Waals surface area contributed by atoms with Gasteiger partial charge in [-0.2, -0.15) is 0 Å². The molecule has 1 N–H and O–H groups in total. The van der Waals surface area contributed by atoms with Crippen molar-refractivity contribution in [3.63, 3.8) is 0 Å². The van der Waals surface area contributed by atoms with Crippen molar-refractivity contribution in [2.24, 2.45) is 0 Å². The highest BCUT2D eigenvalue weighted by molar-refractivity contribution is 14.1. The van der Waals surface area contributed by atoms with Crippen LogP contribution in [0, 0.1) is 10.5 Å². The first-order valence-corrected chi connectivity index (χ1v) is 7.05. The molecule has 1 heterocycles.